The summed E-state index contributed by atoms with van der Waals surface area (Å²) in [6.07, 6.45) is 0.191. The van der Waals surface area contributed by atoms with Crippen molar-refractivity contribution in [3.63, 3.8) is 0 Å². The standard InChI is InChI=1S/C13H13NO2S.ClH/c1-9-8-12(17-7-6-13(15)16)10-4-2-3-5-11(10)14-9;/h2-5,8H,6-7H2,1H3,(H,15,16);1H. The van der Waals surface area contributed by atoms with Gasteiger partial charge in [-0.25, -0.2) is 4.98 Å². The van der Waals surface area contributed by atoms with Crippen molar-refractivity contribution in [3.05, 3.63) is 36.0 Å². The number of aryl methyl sites for hydroxylation is 1. The molecule has 3 nitrogen and oxygen atoms in total. The first-order valence-corrected chi connectivity index (χ1v) is 6.41. The molecule has 0 spiro atoms. The molecular weight excluding hydrogens is 270 g/mol. The number of carboxylic acids is 1. The van der Waals surface area contributed by atoms with Crippen LogP contribution in [0.4, 0.5) is 0 Å². The number of para-hydroxylation sites is 1. The van der Waals surface area contributed by atoms with Crippen molar-refractivity contribution >= 4 is 28.6 Å². The van der Waals surface area contributed by atoms with Crippen LogP contribution in [-0.2, 0) is 4.79 Å². The van der Waals surface area contributed by atoms with E-state index in [2.05, 4.69) is 11.1 Å². The number of aliphatic carboxylic acids is 1. The third-order valence-corrected chi connectivity index (χ3v) is 3.50. The maximum absolute atomic E-state index is 10.5. The molecule has 0 amide bonds. The van der Waals surface area contributed by atoms with Crippen molar-refractivity contribution in [1.29, 1.82) is 0 Å². The van der Waals surface area contributed by atoms with E-state index in [9.17, 15) is 4.79 Å². The summed E-state index contributed by atoms with van der Waals surface area (Å²) in [6.45, 7) is 2.01. The number of carbonyl (C=O) groups is 1. The molecule has 0 radical (unpaired) electrons. The van der Waals surface area contributed by atoms with Gasteiger partial charge in [-0.1, -0.05) is 12.1 Å². The Hall–Kier alpha value is -1.26. The van der Waals surface area contributed by atoms with Gasteiger partial charge in [-0.3, -0.25) is 4.79 Å². The van der Waals surface area contributed by atoms with Crippen LogP contribution >= 0.6 is 11.8 Å². The molecule has 0 unspecified atom stereocenters. The maximum Gasteiger partial charge on any atom is 0.304 e. The lowest BCUT2D eigenvalue weighted by Gasteiger charge is -2.02. The van der Waals surface area contributed by atoms with Crippen LogP contribution in [0.25, 0.3) is 10.9 Å². The van der Waals surface area contributed by atoms with Crippen molar-refractivity contribution < 1.29 is 27.3 Å². The number of benzene rings is 1. The minimum atomic E-state index is -0.749. The van der Waals surface area contributed by atoms with Gasteiger partial charge in [0.1, 0.15) is 0 Å². The highest BCUT2D eigenvalue weighted by molar-refractivity contribution is 7.99. The average molecular weight is 284 g/mol. The number of hydrogen-bond donors (Lipinski definition) is 1. The summed E-state index contributed by atoms with van der Waals surface area (Å²) in [5.74, 6) is -0.149. The van der Waals surface area contributed by atoms with E-state index in [1.807, 2.05) is 31.2 Å². The van der Waals surface area contributed by atoms with Crippen LogP contribution in [0.5, 0.6) is 0 Å². The number of rotatable bonds is 4. The van der Waals surface area contributed by atoms with Gasteiger partial charge in [0.2, 0.25) is 5.52 Å². The molecule has 1 aromatic heterocycles. The SMILES string of the molecule is Cc1cc(SCCC(=O)O)c2ccccc2[nH+]1.[Cl-]. The third-order valence-electron chi connectivity index (χ3n) is 2.45. The Morgan fingerprint density at radius 3 is 2.83 bits per heavy atom. The molecule has 0 atom stereocenters. The third kappa shape index (κ3) is 3.62. The maximum atomic E-state index is 10.5. The number of halogens is 1. The van der Waals surface area contributed by atoms with Gasteiger partial charge in [0, 0.05) is 29.7 Å². The topological polar surface area (TPSA) is 51.4 Å². The first kappa shape index (κ1) is 14.8. The van der Waals surface area contributed by atoms with Crippen LogP contribution in [-0.4, -0.2) is 16.8 Å². The predicted molar refractivity (Wildman–Crippen MR) is 68.2 cm³/mol. The van der Waals surface area contributed by atoms with Crippen molar-refractivity contribution in [2.45, 2.75) is 18.2 Å². The second-order valence-corrected chi connectivity index (χ2v) is 4.99. The fourth-order valence-electron chi connectivity index (χ4n) is 1.70. The Labute approximate surface area is 116 Å². The Balaban J connectivity index is 0.00000162. The molecule has 1 heterocycles. The first-order chi connectivity index (χ1) is 8.16. The molecule has 0 aliphatic carbocycles. The van der Waals surface area contributed by atoms with E-state index in [-0.39, 0.29) is 18.8 Å². The molecule has 2 rings (SSSR count). The van der Waals surface area contributed by atoms with Gasteiger partial charge in [-0.15, -0.1) is 11.8 Å². The molecule has 18 heavy (non-hydrogen) atoms. The van der Waals surface area contributed by atoms with Crippen LogP contribution in [0.15, 0.2) is 35.2 Å². The van der Waals surface area contributed by atoms with E-state index in [4.69, 9.17) is 5.11 Å². The van der Waals surface area contributed by atoms with Crippen LogP contribution in [0.2, 0.25) is 0 Å². The Bertz CT molecular complexity index is 560. The number of thioether (sulfide) groups is 1. The van der Waals surface area contributed by atoms with Crippen LogP contribution < -0.4 is 17.4 Å². The number of fused-ring (bicyclic) bond motifs is 1. The Kier molecular flexibility index (Phi) is 5.44. The van der Waals surface area contributed by atoms with Crippen molar-refractivity contribution in [3.8, 4) is 0 Å². The molecule has 0 fully saturated rings. The smallest absolute Gasteiger partial charge is 0.304 e. The van der Waals surface area contributed by atoms with E-state index in [0.29, 0.717) is 5.75 Å². The lowest BCUT2D eigenvalue weighted by molar-refractivity contribution is -0.355. The molecule has 0 bridgehead atoms. The molecule has 2 aromatic rings. The monoisotopic (exact) mass is 283 g/mol. The zero-order chi connectivity index (χ0) is 12.3. The summed E-state index contributed by atoms with van der Waals surface area (Å²) in [4.78, 5) is 14.9. The molecule has 96 valence electrons. The molecule has 0 aliphatic heterocycles. The number of aromatic nitrogens is 1. The lowest BCUT2D eigenvalue weighted by atomic mass is 10.2. The van der Waals surface area contributed by atoms with Gasteiger partial charge in [0.25, 0.3) is 0 Å². The quantitative estimate of drug-likeness (QED) is 0.772. The van der Waals surface area contributed by atoms with Crippen LogP contribution in [0, 0.1) is 6.92 Å². The Morgan fingerprint density at radius 2 is 2.11 bits per heavy atom. The van der Waals surface area contributed by atoms with Crippen LogP contribution in [0.3, 0.4) is 0 Å². The molecule has 0 saturated carbocycles. The Morgan fingerprint density at radius 1 is 1.39 bits per heavy atom. The van der Waals surface area contributed by atoms with Gasteiger partial charge in [-0.2, -0.15) is 0 Å². The second-order valence-electron chi connectivity index (χ2n) is 3.85. The molecule has 5 heteroatoms. The zero-order valence-electron chi connectivity index (χ0n) is 9.94. The predicted octanol–water partition coefficient (Wildman–Crippen LogP) is -0.467. The summed E-state index contributed by atoms with van der Waals surface area (Å²) < 4.78 is 0. The molecular formula is C13H14ClNO2S. The summed E-state index contributed by atoms with van der Waals surface area (Å²) in [5, 5.41) is 9.79. The molecule has 1 aromatic carbocycles. The number of hydrogen-bond acceptors (Lipinski definition) is 2. The van der Waals surface area contributed by atoms with E-state index in [1.54, 1.807) is 11.8 Å². The molecule has 2 N–H and O–H groups in total. The number of aromatic amines is 1. The second kappa shape index (κ2) is 6.61. The minimum absolute atomic E-state index is 0. The van der Waals surface area contributed by atoms with Gasteiger partial charge in [0.05, 0.1) is 11.8 Å². The largest absolute Gasteiger partial charge is 1.00 e. The summed E-state index contributed by atoms with van der Waals surface area (Å²) in [5.41, 5.74) is 2.17. The summed E-state index contributed by atoms with van der Waals surface area (Å²) in [7, 11) is 0. The zero-order valence-corrected chi connectivity index (χ0v) is 11.5. The minimum Gasteiger partial charge on any atom is -1.00 e. The van der Waals surface area contributed by atoms with Gasteiger partial charge < -0.3 is 17.5 Å². The normalized spacial score (nSPS) is 10.1. The van der Waals surface area contributed by atoms with Gasteiger partial charge in [-0.05, 0) is 6.07 Å². The number of carboxylic acid groups (broad SMARTS) is 1. The van der Waals surface area contributed by atoms with Crippen molar-refractivity contribution in [1.82, 2.24) is 0 Å². The highest BCUT2D eigenvalue weighted by Gasteiger charge is 2.09. The highest BCUT2D eigenvalue weighted by atomic mass is 35.5. The van der Waals surface area contributed by atoms with E-state index < -0.39 is 5.97 Å². The number of H-pyrrole nitrogens is 1. The van der Waals surface area contributed by atoms with E-state index in [1.165, 1.54) is 0 Å². The first-order valence-electron chi connectivity index (χ1n) is 5.43. The van der Waals surface area contributed by atoms with Gasteiger partial charge >= 0.3 is 5.97 Å². The highest BCUT2D eigenvalue weighted by Crippen LogP contribution is 2.26. The van der Waals surface area contributed by atoms with Crippen molar-refractivity contribution in [2.24, 2.45) is 0 Å². The fourth-order valence-corrected chi connectivity index (χ4v) is 2.79. The fraction of sp³-hybridized carbons (Fsp3) is 0.231. The van der Waals surface area contributed by atoms with Crippen LogP contribution in [0.1, 0.15) is 12.1 Å². The average Bonchev–Trinajstić information content (AvgIpc) is 2.28. The van der Waals surface area contributed by atoms with Crippen molar-refractivity contribution in [2.75, 3.05) is 5.75 Å². The molecule has 0 aliphatic rings. The van der Waals surface area contributed by atoms with E-state index >= 15 is 0 Å². The number of pyridine rings is 1. The van der Waals surface area contributed by atoms with E-state index in [0.717, 1.165) is 21.5 Å². The molecule has 0 saturated heterocycles. The summed E-state index contributed by atoms with van der Waals surface area (Å²) >= 11 is 1.59. The number of nitrogens with one attached hydrogen (secondary N) is 1. The summed E-state index contributed by atoms with van der Waals surface area (Å²) in [6, 6.07) is 10.1. The van der Waals surface area contributed by atoms with Gasteiger partial charge in [0.15, 0.2) is 5.69 Å². The lowest BCUT2D eigenvalue weighted by Crippen LogP contribution is -3.00.